The fourth-order valence-electron chi connectivity index (χ4n) is 1.22. The molecule has 0 fully saturated rings. The number of aldehydes is 1. The Balaban J connectivity index is 2.58. The molecule has 0 radical (unpaired) electrons. The van der Waals surface area contributed by atoms with Gasteiger partial charge in [0.2, 0.25) is 4.67 Å². The van der Waals surface area contributed by atoms with Gasteiger partial charge in [-0.05, 0) is 28.1 Å². The van der Waals surface area contributed by atoms with Crippen molar-refractivity contribution in [1.82, 2.24) is 5.16 Å². The van der Waals surface area contributed by atoms with E-state index < -0.39 is 0 Å². The van der Waals surface area contributed by atoms with Crippen molar-refractivity contribution in [2.75, 3.05) is 0 Å². The Kier molecular flexibility index (Phi) is 3.02. The van der Waals surface area contributed by atoms with Crippen LogP contribution in [-0.4, -0.2) is 11.4 Å². The first kappa shape index (κ1) is 10.6. The van der Waals surface area contributed by atoms with Gasteiger partial charge in [0.1, 0.15) is 5.69 Å². The first-order chi connectivity index (χ1) is 7.22. The van der Waals surface area contributed by atoms with Gasteiger partial charge in [-0.1, -0.05) is 33.2 Å². The molecule has 1 aromatic heterocycles. The SMILES string of the molecule is O=Cc1c(-c2cccc(Br)c2)noc1Br. The lowest BCUT2D eigenvalue weighted by molar-refractivity contribution is 0.112. The number of hydrogen-bond acceptors (Lipinski definition) is 3. The second kappa shape index (κ2) is 4.28. The summed E-state index contributed by atoms with van der Waals surface area (Å²) in [7, 11) is 0. The number of rotatable bonds is 2. The second-order valence-corrected chi connectivity index (χ2v) is 4.48. The van der Waals surface area contributed by atoms with E-state index in [1.165, 1.54) is 0 Å². The van der Waals surface area contributed by atoms with E-state index in [2.05, 4.69) is 37.0 Å². The summed E-state index contributed by atoms with van der Waals surface area (Å²) in [6.45, 7) is 0. The monoisotopic (exact) mass is 329 g/mol. The minimum atomic E-state index is 0.354. The Morgan fingerprint density at radius 2 is 2.13 bits per heavy atom. The van der Waals surface area contributed by atoms with Crippen LogP contribution in [-0.2, 0) is 0 Å². The van der Waals surface area contributed by atoms with Gasteiger partial charge in [-0.15, -0.1) is 0 Å². The van der Waals surface area contributed by atoms with Crippen LogP contribution in [0.1, 0.15) is 10.4 Å². The Bertz CT molecular complexity index is 508. The van der Waals surface area contributed by atoms with Gasteiger partial charge < -0.3 is 4.52 Å². The molecule has 15 heavy (non-hydrogen) atoms. The van der Waals surface area contributed by atoms with Crippen LogP contribution in [0, 0.1) is 0 Å². The van der Waals surface area contributed by atoms with Gasteiger partial charge in [0, 0.05) is 10.0 Å². The van der Waals surface area contributed by atoms with E-state index in [9.17, 15) is 4.79 Å². The molecule has 0 atom stereocenters. The van der Waals surface area contributed by atoms with Crippen LogP contribution in [0.15, 0.2) is 37.9 Å². The van der Waals surface area contributed by atoms with Gasteiger partial charge in [-0.25, -0.2) is 0 Å². The molecule has 1 heterocycles. The average molecular weight is 331 g/mol. The van der Waals surface area contributed by atoms with Crippen molar-refractivity contribution >= 4 is 38.1 Å². The molecule has 3 nitrogen and oxygen atoms in total. The lowest BCUT2D eigenvalue weighted by Gasteiger charge is -1.97. The van der Waals surface area contributed by atoms with Crippen molar-refractivity contribution in [2.24, 2.45) is 0 Å². The van der Waals surface area contributed by atoms with Crippen molar-refractivity contribution < 1.29 is 9.32 Å². The van der Waals surface area contributed by atoms with Crippen LogP contribution in [0.5, 0.6) is 0 Å². The van der Waals surface area contributed by atoms with E-state index in [0.717, 1.165) is 16.3 Å². The summed E-state index contributed by atoms with van der Waals surface area (Å²) in [5, 5.41) is 3.82. The molecular weight excluding hydrogens is 326 g/mol. The van der Waals surface area contributed by atoms with Gasteiger partial charge in [0.25, 0.3) is 0 Å². The zero-order valence-electron chi connectivity index (χ0n) is 7.41. The third kappa shape index (κ3) is 2.03. The maximum atomic E-state index is 10.8. The molecule has 0 amide bonds. The molecule has 0 bridgehead atoms. The lowest BCUT2D eigenvalue weighted by atomic mass is 10.1. The molecule has 0 aliphatic carbocycles. The quantitative estimate of drug-likeness (QED) is 0.789. The normalized spacial score (nSPS) is 10.3. The summed E-state index contributed by atoms with van der Waals surface area (Å²) in [4.78, 5) is 10.8. The summed E-state index contributed by atoms with van der Waals surface area (Å²) >= 11 is 6.48. The number of carbonyl (C=O) groups excluding carboxylic acids is 1. The summed E-state index contributed by atoms with van der Waals surface area (Å²) in [6, 6.07) is 7.51. The molecule has 5 heteroatoms. The highest BCUT2D eigenvalue weighted by Crippen LogP contribution is 2.28. The van der Waals surface area contributed by atoms with Gasteiger partial charge in [-0.2, -0.15) is 0 Å². The molecule has 0 N–H and O–H groups in total. The number of benzene rings is 1. The molecule has 0 aliphatic heterocycles. The largest absolute Gasteiger partial charge is 0.348 e. The molecular formula is C10H5Br2NO2. The predicted molar refractivity (Wildman–Crippen MR) is 62.7 cm³/mol. The van der Waals surface area contributed by atoms with Crippen LogP contribution in [0.25, 0.3) is 11.3 Å². The van der Waals surface area contributed by atoms with Crippen molar-refractivity contribution in [3.05, 3.63) is 39.0 Å². The van der Waals surface area contributed by atoms with E-state index in [4.69, 9.17) is 4.52 Å². The number of aromatic nitrogens is 1. The third-order valence-corrected chi connectivity index (χ3v) is 2.97. The van der Waals surface area contributed by atoms with Gasteiger partial charge in [0.15, 0.2) is 6.29 Å². The standard InChI is InChI=1S/C10H5Br2NO2/c11-7-3-1-2-6(4-7)9-8(5-14)10(12)15-13-9/h1-5H. The van der Waals surface area contributed by atoms with Crippen LogP contribution in [0.2, 0.25) is 0 Å². The van der Waals surface area contributed by atoms with E-state index in [0.29, 0.717) is 15.9 Å². The summed E-state index contributed by atoms with van der Waals surface area (Å²) in [5.41, 5.74) is 1.80. The third-order valence-electron chi connectivity index (χ3n) is 1.90. The minimum Gasteiger partial charge on any atom is -0.348 e. The first-order valence-corrected chi connectivity index (χ1v) is 5.67. The molecule has 0 saturated carbocycles. The van der Waals surface area contributed by atoms with E-state index in [-0.39, 0.29) is 0 Å². The maximum absolute atomic E-state index is 10.8. The number of nitrogens with zero attached hydrogens (tertiary/aromatic N) is 1. The van der Waals surface area contributed by atoms with Crippen LogP contribution in [0.4, 0.5) is 0 Å². The highest BCUT2D eigenvalue weighted by molar-refractivity contribution is 9.10. The number of carbonyl (C=O) groups is 1. The van der Waals surface area contributed by atoms with Crippen molar-refractivity contribution in [3.8, 4) is 11.3 Å². The molecule has 1 aromatic carbocycles. The van der Waals surface area contributed by atoms with Gasteiger partial charge >= 0.3 is 0 Å². The lowest BCUT2D eigenvalue weighted by Crippen LogP contribution is -1.84. The van der Waals surface area contributed by atoms with E-state index >= 15 is 0 Å². The summed E-state index contributed by atoms with van der Waals surface area (Å²) in [6.07, 6.45) is 0.719. The Labute approximate surface area is 103 Å². The van der Waals surface area contributed by atoms with E-state index in [1.54, 1.807) is 0 Å². The maximum Gasteiger partial charge on any atom is 0.213 e. The van der Waals surface area contributed by atoms with E-state index in [1.807, 2.05) is 24.3 Å². The first-order valence-electron chi connectivity index (χ1n) is 4.08. The minimum absolute atomic E-state index is 0.354. The molecule has 0 aliphatic rings. The van der Waals surface area contributed by atoms with Crippen molar-refractivity contribution in [3.63, 3.8) is 0 Å². The number of hydrogen-bond donors (Lipinski definition) is 0. The summed E-state index contributed by atoms with van der Waals surface area (Å²) < 4.78 is 6.18. The molecule has 0 saturated heterocycles. The highest BCUT2D eigenvalue weighted by atomic mass is 79.9. The second-order valence-electron chi connectivity index (χ2n) is 2.85. The fraction of sp³-hybridized carbons (Fsp3) is 0. The molecule has 2 rings (SSSR count). The van der Waals surface area contributed by atoms with Gasteiger partial charge in [0.05, 0.1) is 5.56 Å². The Morgan fingerprint density at radius 1 is 1.33 bits per heavy atom. The Hall–Kier alpha value is -0.940. The summed E-state index contributed by atoms with van der Waals surface area (Å²) in [5.74, 6) is 0. The van der Waals surface area contributed by atoms with Crippen LogP contribution in [0.3, 0.4) is 0 Å². The molecule has 2 aromatic rings. The zero-order valence-corrected chi connectivity index (χ0v) is 10.6. The van der Waals surface area contributed by atoms with Crippen LogP contribution >= 0.6 is 31.9 Å². The molecule has 0 unspecified atom stereocenters. The molecule has 76 valence electrons. The van der Waals surface area contributed by atoms with Gasteiger partial charge in [-0.3, -0.25) is 4.79 Å². The topological polar surface area (TPSA) is 43.1 Å². The molecule has 0 spiro atoms. The predicted octanol–water partition coefficient (Wildman–Crippen LogP) is 3.68. The fourth-order valence-corrected chi connectivity index (χ4v) is 1.98. The van der Waals surface area contributed by atoms with Crippen molar-refractivity contribution in [1.29, 1.82) is 0 Å². The van der Waals surface area contributed by atoms with Crippen LogP contribution < -0.4 is 0 Å². The zero-order chi connectivity index (χ0) is 10.8. The smallest absolute Gasteiger partial charge is 0.213 e. The van der Waals surface area contributed by atoms with Crippen molar-refractivity contribution in [2.45, 2.75) is 0 Å². The average Bonchev–Trinajstić information content (AvgIpc) is 2.59. The highest BCUT2D eigenvalue weighted by Gasteiger charge is 2.14. The number of halogens is 2. The Morgan fingerprint density at radius 3 is 2.80 bits per heavy atom.